The van der Waals surface area contributed by atoms with Gasteiger partial charge in [0.15, 0.2) is 11.5 Å². The Morgan fingerprint density at radius 2 is 1.73 bits per heavy atom. The van der Waals surface area contributed by atoms with Gasteiger partial charge in [-0.1, -0.05) is 6.07 Å². The zero-order valence-corrected chi connectivity index (χ0v) is 16.8. The SMILES string of the molecule is COc1ccc(CN2CCN(c3ncc(Br)c(OC)n3)CC2)cc1OC. The van der Waals surface area contributed by atoms with E-state index in [1.807, 2.05) is 12.1 Å². The molecule has 1 saturated heterocycles. The van der Waals surface area contributed by atoms with Crippen LogP contribution in [0.1, 0.15) is 5.56 Å². The van der Waals surface area contributed by atoms with E-state index in [1.54, 1.807) is 27.5 Å². The van der Waals surface area contributed by atoms with Crippen molar-refractivity contribution < 1.29 is 14.2 Å². The number of halogens is 1. The van der Waals surface area contributed by atoms with Crippen molar-refractivity contribution >= 4 is 21.9 Å². The second kappa shape index (κ2) is 8.55. The maximum absolute atomic E-state index is 5.39. The maximum Gasteiger partial charge on any atom is 0.232 e. The number of aromatic nitrogens is 2. The Bertz CT molecular complexity index is 751. The number of hydrogen-bond acceptors (Lipinski definition) is 7. The van der Waals surface area contributed by atoms with Crippen LogP contribution in [0.15, 0.2) is 28.9 Å². The van der Waals surface area contributed by atoms with Crippen molar-refractivity contribution in [3.8, 4) is 17.4 Å². The molecule has 0 N–H and O–H groups in total. The van der Waals surface area contributed by atoms with Crippen molar-refractivity contribution in [2.24, 2.45) is 0 Å². The summed E-state index contributed by atoms with van der Waals surface area (Å²) in [6.07, 6.45) is 1.73. The molecular weight excluding hydrogens is 400 g/mol. The van der Waals surface area contributed by atoms with E-state index in [9.17, 15) is 0 Å². The number of ether oxygens (including phenoxy) is 3. The average Bonchev–Trinajstić information content (AvgIpc) is 2.69. The van der Waals surface area contributed by atoms with Gasteiger partial charge in [-0.3, -0.25) is 4.90 Å². The number of rotatable bonds is 6. The summed E-state index contributed by atoms with van der Waals surface area (Å²) in [5.74, 6) is 2.78. The second-order valence-corrected chi connectivity index (χ2v) is 6.83. The summed E-state index contributed by atoms with van der Waals surface area (Å²) in [4.78, 5) is 13.5. The molecule has 0 aliphatic carbocycles. The Labute approximate surface area is 162 Å². The fourth-order valence-electron chi connectivity index (χ4n) is 2.98. The lowest BCUT2D eigenvalue weighted by atomic mass is 10.1. The van der Waals surface area contributed by atoms with Crippen LogP contribution in [0.4, 0.5) is 5.95 Å². The predicted octanol–water partition coefficient (Wildman–Crippen LogP) is 2.59. The zero-order chi connectivity index (χ0) is 18.5. The molecule has 8 heteroatoms. The summed E-state index contributed by atoms with van der Waals surface area (Å²) >= 11 is 3.39. The van der Waals surface area contributed by atoms with E-state index in [2.05, 4.69) is 41.8 Å². The van der Waals surface area contributed by atoms with Crippen LogP contribution < -0.4 is 19.1 Å². The lowest BCUT2D eigenvalue weighted by Gasteiger charge is -2.34. The fourth-order valence-corrected chi connectivity index (χ4v) is 3.33. The molecule has 1 aliphatic heterocycles. The van der Waals surface area contributed by atoms with Gasteiger partial charge in [0, 0.05) is 32.7 Å². The Morgan fingerprint density at radius 3 is 2.38 bits per heavy atom. The smallest absolute Gasteiger partial charge is 0.232 e. The van der Waals surface area contributed by atoms with Crippen molar-refractivity contribution in [3.63, 3.8) is 0 Å². The first kappa shape index (κ1) is 18.7. The molecule has 3 rings (SSSR count). The minimum Gasteiger partial charge on any atom is -0.493 e. The Balaban J connectivity index is 1.60. The topological polar surface area (TPSA) is 60.0 Å². The molecular formula is C18H23BrN4O3. The molecule has 0 atom stereocenters. The highest BCUT2D eigenvalue weighted by Crippen LogP contribution is 2.28. The highest BCUT2D eigenvalue weighted by Gasteiger charge is 2.20. The molecule has 1 aromatic carbocycles. The van der Waals surface area contributed by atoms with Gasteiger partial charge in [-0.15, -0.1) is 0 Å². The molecule has 26 heavy (non-hydrogen) atoms. The van der Waals surface area contributed by atoms with E-state index < -0.39 is 0 Å². The fraction of sp³-hybridized carbons (Fsp3) is 0.444. The van der Waals surface area contributed by atoms with Gasteiger partial charge in [0.2, 0.25) is 11.8 Å². The molecule has 7 nitrogen and oxygen atoms in total. The molecule has 0 spiro atoms. The van der Waals surface area contributed by atoms with E-state index in [0.29, 0.717) is 11.8 Å². The Kier molecular flexibility index (Phi) is 6.16. The summed E-state index contributed by atoms with van der Waals surface area (Å²) < 4.78 is 16.7. The van der Waals surface area contributed by atoms with Gasteiger partial charge in [0.05, 0.1) is 32.0 Å². The van der Waals surface area contributed by atoms with Gasteiger partial charge in [0.25, 0.3) is 0 Å². The monoisotopic (exact) mass is 422 g/mol. The van der Waals surface area contributed by atoms with Gasteiger partial charge in [-0.2, -0.15) is 4.98 Å². The first-order valence-corrected chi connectivity index (χ1v) is 9.18. The molecule has 0 bridgehead atoms. The molecule has 0 unspecified atom stereocenters. The van der Waals surface area contributed by atoms with Crippen LogP contribution in [0.3, 0.4) is 0 Å². The normalized spacial score (nSPS) is 15.0. The lowest BCUT2D eigenvalue weighted by Crippen LogP contribution is -2.46. The third-order valence-electron chi connectivity index (χ3n) is 4.40. The van der Waals surface area contributed by atoms with Gasteiger partial charge < -0.3 is 19.1 Å². The summed E-state index contributed by atoms with van der Waals surface area (Å²) in [6.45, 7) is 4.50. The summed E-state index contributed by atoms with van der Waals surface area (Å²) in [5.41, 5.74) is 1.21. The molecule has 1 aliphatic rings. The largest absolute Gasteiger partial charge is 0.493 e. The van der Waals surface area contributed by atoms with Crippen molar-refractivity contribution in [3.05, 3.63) is 34.4 Å². The first-order chi connectivity index (χ1) is 12.6. The summed E-state index contributed by atoms with van der Waals surface area (Å²) in [7, 11) is 4.92. The van der Waals surface area contributed by atoms with Crippen LogP contribution in [0.2, 0.25) is 0 Å². The average molecular weight is 423 g/mol. The number of nitrogens with zero attached hydrogens (tertiary/aromatic N) is 4. The number of anilines is 1. The molecule has 1 aromatic heterocycles. The molecule has 2 heterocycles. The van der Waals surface area contributed by atoms with E-state index in [-0.39, 0.29) is 0 Å². The highest BCUT2D eigenvalue weighted by molar-refractivity contribution is 9.10. The van der Waals surface area contributed by atoms with Crippen LogP contribution in [-0.2, 0) is 6.54 Å². The van der Waals surface area contributed by atoms with E-state index >= 15 is 0 Å². The van der Waals surface area contributed by atoms with E-state index in [1.165, 1.54) is 5.56 Å². The lowest BCUT2D eigenvalue weighted by molar-refractivity contribution is 0.248. The first-order valence-electron chi connectivity index (χ1n) is 8.39. The molecule has 2 aromatic rings. The molecule has 0 radical (unpaired) electrons. The van der Waals surface area contributed by atoms with E-state index in [4.69, 9.17) is 14.2 Å². The van der Waals surface area contributed by atoms with Crippen molar-refractivity contribution in [1.82, 2.24) is 14.9 Å². The number of benzene rings is 1. The van der Waals surface area contributed by atoms with Crippen LogP contribution in [-0.4, -0.2) is 62.4 Å². The van der Waals surface area contributed by atoms with Crippen molar-refractivity contribution in [2.45, 2.75) is 6.54 Å². The minimum absolute atomic E-state index is 0.558. The zero-order valence-electron chi connectivity index (χ0n) is 15.2. The molecule has 1 fully saturated rings. The van der Waals surface area contributed by atoms with Gasteiger partial charge in [-0.25, -0.2) is 4.98 Å². The van der Waals surface area contributed by atoms with Gasteiger partial charge in [0.1, 0.15) is 0 Å². The molecule has 140 valence electrons. The van der Waals surface area contributed by atoms with Crippen LogP contribution >= 0.6 is 15.9 Å². The van der Waals surface area contributed by atoms with Crippen molar-refractivity contribution in [1.29, 1.82) is 0 Å². The van der Waals surface area contributed by atoms with Crippen LogP contribution in [0.25, 0.3) is 0 Å². The molecule has 0 saturated carbocycles. The Morgan fingerprint density at radius 1 is 1.00 bits per heavy atom. The standard InChI is InChI=1S/C18H23BrN4O3/c1-24-15-5-4-13(10-16(15)25-2)12-22-6-8-23(9-7-22)18-20-11-14(19)17(21-18)26-3/h4-5,10-11H,6-9,12H2,1-3H3. The van der Waals surface area contributed by atoms with Crippen LogP contribution in [0.5, 0.6) is 17.4 Å². The number of piperazine rings is 1. The van der Waals surface area contributed by atoms with Crippen LogP contribution in [0, 0.1) is 0 Å². The highest BCUT2D eigenvalue weighted by atomic mass is 79.9. The quantitative estimate of drug-likeness (QED) is 0.708. The van der Waals surface area contributed by atoms with E-state index in [0.717, 1.165) is 48.7 Å². The molecule has 0 amide bonds. The number of hydrogen-bond donors (Lipinski definition) is 0. The number of methoxy groups -OCH3 is 3. The second-order valence-electron chi connectivity index (χ2n) is 5.98. The van der Waals surface area contributed by atoms with Gasteiger partial charge >= 0.3 is 0 Å². The third kappa shape index (κ3) is 4.19. The predicted molar refractivity (Wildman–Crippen MR) is 103 cm³/mol. The summed E-state index contributed by atoms with van der Waals surface area (Å²) in [5, 5.41) is 0. The third-order valence-corrected chi connectivity index (χ3v) is 4.95. The van der Waals surface area contributed by atoms with Crippen molar-refractivity contribution in [2.75, 3.05) is 52.4 Å². The van der Waals surface area contributed by atoms with Gasteiger partial charge in [-0.05, 0) is 33.6 Å². The minimum atomic E-state index is 0.558. The Hall–Kier alpha value is -2.06. The summed E-state index contributed by atoms with van der Waals surface area (Å²) in [6, 6.07) is 6.07. The maximum atomic E-state index is 5.39.